The average molecular weight is 270 g/mol. The van der Waals surface area contributed by atoms with E-state index in [1.165, 1.54) is 11.3 Å². The van der Waals surface area contributed by atoms with Crippen molar-refractivity contribution in [1.29, 1.82) is 0 Å². The van der Waals surface area contributed by atoms with Crippen LogP contribution < -0.4 is 0 Å². The van der Waals surface area contributed by atoms with E-state index in [9.17, 15) is 20.1 Å². The van der Waals surface area contributed by atoms with Crippen LogP contribution in [0.4, 0.5) is 0 Å². The maximum atomic E-state index is 11.2. The van der Waals surface area contributed by atoms with Gasteiger partial charge in [0, 0.05) is 21.7 Å². The van der Waals surface area contributed by atoms with Crippen LogP contribution in [0, 0.1) is 0 Å². The number of carboxylic acids is 1. The molecule has 6 heteroatoms. The fourth-order valence-electron chi connectivity index (χ4n) is 2.12. The lowest BCUT2D eigenvalue weighted by Crippen LogP contribution is -2.44. The quantitative estimate of drug-likeness (QED) is 0.638. The van der Waals surface area contributed by atoms with Gasteiger partial charge in [-0.1, -0.05) is 6.08 Å². The van der Waals surface area contributed by atoms with Gasteiger partial charge in [-0.3, -0.25) is 0 Å². The molecule has 0 saturated carbocycles. The van der Waals surface area contributed by atoms with Crippen LogP contribution in [-0.4, -0.2) is 32.5 Å². The molecule has 3 atom stereocenters. The molecule has 1 aromatic rings. The molecule has 1 aromatic heterocycles. The number of carboxylic acid groups (broad SMARTS) is 1. The fraction of sp³-hybridized carbons (Fsp3) is 0.417. The first-order valence-corrected chi connectivity index (χ1v) is 6.30. The summed E-state index contributed by atoms with van der Waals surface area (Å²) < 4.78 is 0. The highest BCUT2D eigenvalue weighted by molar-refractivity contribution is 7.13. The minimum absolute atomic E-state index is 0.172. The lowest BCUT2D eigenvalue weighted by atomic mass is 9.80. The molecule has 98 valence electrons. The molecule has 0 radical (unpaired) electrons. The standard InChI is InChI=1S/C12H14O5S/c1-2-3-6-4-7-10(18-6)9(14)8(13)5-12(7,17)11(15)16/h2-4,8-9,13-14,17H,5H2,1H3,(H,15,16)/b3-2+/t8?,9-,12+/m0/s1. The number of carbonyl (C=O) groups is 1. The number of fused-ring (bicyclic) bond motifs is 1. The van der Waals surface area contributed by atoms with E-state index in [1.54, 1.807) is 18.2 Å². The smallest absolute Gasteiger partial charge is 0.340 e. The fourth-order valence-corrected chi connectivity index (χ4v) is 3.37. The maximum absolute atomic E-state index is 11.2. The molecular formula is C12H14O5S. The van der Waals surface area contributed by atoms with Gasteiger partial charge in [-0.05, 0) is 19.1 Å². The van der Waals surface area contributed by atoms with E-state index in [1.807, 2.05) is 6.92 Å². The summed E-state index contributed by atoms with van der Waals surface area (Å²) in [5.74, 6) is -1.42. The Kier molecular flexibility index (Phi) is 3.29. The predicted molar refractivity (Wildman–Crippen MR) is 66.1 cm³/mol. The van der Waals surface area contributed by atoms with Crippen LogP contribution in [0.3, 0.4) is 0 Å². The molecule has 4 N–H and O–H groups in total. The average Bonchev–Trinajstić information content (AvgIpc) is 2.71. The summed E-state index contributed by atoms with van der Waals surface area (Å²) in [5.41, 5.74) is -1.96. The summed E-state index contributed by atoms with van der Waals surface area (Å²) in [7, 11) is 0. The highest BCUT2D eigenvalue weighted by Crippen LogP contribution is 2.45. The molecule has 1 aliphatic carbocycles. The molecule has 18 heavy (non-hydrogen) atoms. The van der Waals surface area contributed by atoms with E-state index in [0.717, 1.165) is 4.88 Å². The molecular weight excluding hydrogens is 256 g/mol. The van der Waals surface area contributed by atoms with Crippen LogP contribution in [0.25, 0.3) is 6.08 Å². The molecule has 0 aromatic carbocycles. The highest BCUT2D eigenvalue weighted by Gasteiger charge is 2.49. The Morgan fingerprint density at radius 1 is 1.56 bits per heavy atom. The summed E-state index contributed by atoms with van der Waals surface area (Å²) in [6, 6.07) is 1.54. The van der Waals surface area contributed by atoms with Gasteiger partial charge in [-0.25, -0.2) is 4.79 Å². The van der Waals surface area contributed by atoms with Gasteiger partial charge in [0.15, 0.2) is 5.60 Å². The van der Waals surface area contributed by atoms with E-state index in [2.05, 4.69) is 0 Å². The zero-order valence-electron chi connectivity index (χ0n) is 9.70. The Labute approximate surface area is 108 Å². The summed E-state index contributed by atoms with van der Waals surface area (Å²) in [5, 5.41) is 38.8. The van der Waals surface area contributed by atoms with Gasteiger partial charge in [0.1, 0.15) is 6.10 Å². The molecule has 0 aliphatic heterocycles. The Morgan fingerprint density at radius 3 is 2.78 bits per heavy atom. The number of thiophene rings is 1. The van der Waals surface area contributed by atoms with Crippen molar-refractivity contribution < 1.29 is 25.2 Å². The number of allylic oxidation sites excluding steroid dienone is 1. The summed E-state index contributed by atoms with van der Waals surface area (Å²) in [6.45, 7) is 1.81. The van der Waals surface area contributed by atoms with Crippen LogP contribution in [-0.2, 0) is 10.4 Å². The van der Waals surface area contributed by atoms with E-state index in [0.29, 0.717) is 4.88 Å². The number of hydrogen-bond donors (Lipinski definition) is 4. The largest absolute Gasteiger partial charge is 0.479 e. The van der Waals surface area contributed by atoms with Gasteiger partial charge in [0.2, 0.25) is 0 Å². The molecule has 5 nitrogen and oxygen atoms in total. The first-order chi connectivity index (χ1) is 8.40. The van der Waals surface area contributed by atoms with Gasteiger partial charge < -0.3 is 20.4 Å². The minimum atomic E-state index is -2.13. The van der Waals surface area contributed by atoms with Gasteiger partial charge in [0.05, 0.1) is 6.10 Å². The van der Waals surface area contributed by atoms with Crippen molar-refractivity contribution in [1.82, 2.24) is 0 Å². The molecule has 0 amide bonds. The van der Waals surface area contributed by atoms with Crippen molar-refractivity contribution in [3.63, 3.8) is 0 Å². The van der Waals surface area contributed by atoms with Gasteiger partial charge in [-0.15, -0.1) is 11.3 Å². The van der Waals surface area contributed by atoms with E-state index in [4.69, 9.17) is 5.11 Å². The lowest BCUT2D eigenvalue weighted by molar-refractivity contribution is -0.168. The second kappa shape index (κ2) is 4.47. The zero-order valence-corrected chi connectivity index (χ0v) is 10.5. The lowest BCUT2D eigenvalue weighted by Gasteiger charge is -2.34. The predicted octanol–water partition coefficient (Wildman–Crippen LogP) is 0.851. The van der Waals surface area contributed by atoms with Gasteiger partial charge in [0.25, 0.3) is 0 Å². The van der Waals surface area contributed by atoms with E-state index in [-0.39, 0.29) is 5.56 Å². The Bertz CT molecular complexity index is 507. The topological polar surface area (TPSA) is 98.0 Å². The van der Waals surface area contributed by atoms with Crippen LogP contribution in [0.1, 0.15) is 34.8 Å². The molecule has 0 spiro atoms. The van der Waals surface area contributed by atoms with Crippen molar-refractivity contribution in [3.8, 4) is 0 Å². The van der Waals surface area contributed by atoms with Crippen LogP contribution in [0.2, 0.25) is 0 Å². The van der Waals surface area contributed by atoms with E-state index >= 15 is 0 Å². The highest BCUT2D eigenvalue weighted by atomic mass is 32.1. The Balaban J connectivity index is 2.59. The normalized spacial score (nSPS) is 31.6. The van der Waals surface area contributed by atoms with Gasteiger partial charge in [-0.2, -0.15) is 0 Å². The van der Waals surface area contributed by atoms with Crippen molar-refractivity contribution in [2.75, 3.05) is 0 Å². The third kappa shape index (κ3) is 1.87. The van der Waals surface area contributed by atoms with Crippen LogP contribution >= 0.6 is 11.3 Å². The first-order valence-electron chi connectivity index (χ1n) is 5.49. The number of hydrogen-bond acceptors (Lipinski definition) is 5. The number of aliphatic hydroxyl groups is 3. The van der Waals surface area contributed by atoms with E-state index < -0.39 is 30.2 Å². The SMILES string of the molecule is C/C=C/c1cc2c(s1)[C@@H](O)C(O)C[C@]2(O)C(=O)O. The third-order valence-electron chi connectivity index (χ3n) is 3.05. The molecule has 0 saturated heterocycles. The van der Waals surface area contributed by atoms with Crippen LogP contribution in [0.15, 0.2) is 12.1 Å². The second-order valence-electron chi connectivity index (χ2n) is 4.31. The van der Waals surface area contributed by atoms with Crippen LogP contribution in [0.5, 0.6) is 0 Å². The Hall–Kier alpha value is -1.21. The maximum Gasteiger partial charge on any atom is 0.340 e. The number of rotatable bonds is 2. The van der Waals surface area contributed by atoms with Crippen molar-refractivity contribution in [2.45, 2.75) is 31.2 Å². The molecule has 1 aliphatic rings. The summed E-state index contributed by atoms with van der Waals surface area (Å²) in [4.78, 5) is 12.2. The minimum Gasteiger partial charge on any atom is -0.479 e. The summed E-state index contributed by atoms with van der Waals surface area (Å²) >= 11 is 1.17. The van der Waals surface area contributed by atoms with Crippen molar-refractivity contribution in [2.24, 2.45) is 0 Å². The van der Waals surface area contributed by atoms with Gasteiger partial charge >= 0.3 is 5.97 Å². The van der Waals surface area contributed by atoms with Crippen molar-refractivity contribution >= 4 is 23.4 Å². The first kappa shape index (κ1) is 13.2. The summed E-state index contributed by atoms with van der Waals surface area (Å²) in [6.07, 6.45) is 0.687. The monoisotopic (exact) mass is 270 g/mol. The Morgan fingerprint density at radius 2 is 2.22 bits per heavy atom. The third-order valence-corrected chi connectivity index (χ3v) is 4.22. The molecule has 2 rings (SSSR count). The molecule has 0 bridgehead atoms. The number of aliphatic carboxylic acids is 1. The molecule has 1 unspecified atom stereocenters. The molecule has 0 fully saturated rings. The molecule has 1 heterocycles. The van der Waals surface area contributed by atoms with Crippen molar-refractivity contribution in [3.05, 3.63) is 27.5 Å². The zero-order chi connectivity index (χ0) is 13.5. The second-order valence-corrected chi connectivity index (χ2v) is 5.42. The number of aliphatic hydroxyl groups excluding tert-OH is 2.